The molecule has 7 N–H and O–H groups in total. The minimum Gasteiger partial charge on any atom is -0.508 e. The molecule has 0 radical (unpaired) electrons. The summed E-state index contributed by atoms with van der Waals surface area (Å²) in [5.74, 6) is 0.681. The molecule has 5 rings (SSSR count). The van der Waals surface area contributed by atoms with Gasteiger partial charge in [-0.05, 0) is 80.7 Å². The molecule has 1 heterocycles. The van der Waals surface area contributed by atoms with Gasteiger partial charge in [0, 0.05) is 24.0 Å². The highest BCUT2D eigenvalue weighted by Gasteiger charge is 2.64. The van der Waals surface area contributed by atoms with Crippen molar-refractivity contribution in [3.8, 4) is 5.75 Å². The zero-order valence-electron chi connectivity index (χ0n) is 17.9. The maximum absolute atomic E-state index is 12.4. The van der Waals surface area contributed by atoms with Crippen LogP contribution in [0.1, 0.15) is 49.7 Å². The lowest BCUT2D eigenvalue weighted by molar-refractivity contribution is -0.171. The number of hydrogen-bond acceptors (Lipinski definition) is 5. The average Bonchev–Trinajstić information content (AvgIpc) is 3.53. The number of amides is 1. The number of rotatable bonds is 5. The van der Waals surface area contributed by atoms with E-state index in [0.717, 1.165) is 37.4 Å². The molecule has 1 aliphatic heterocycles. The summed E-state index contributed by atoms with van der Waals surface area (Å²) in [7, 11) is 0. The van der Waals surface area contributed by atoms with Crippen molar-refractivity contribution in [1.82, 2.24) is 10.2 Å². The van der Waals surface area contributed by atoms with Crippen LogP contribution in [0.3, 0.4) is 0 Å². The number of carbonyl (C=O) groups excluding carboxylic acids is 1. The summed E-state index contributed by atoms with van der Waals surface area (Å²) in [5.41, 5.74) is 11.6. The van der Waals surface area contributed by atoms with Crippen LogP contribution < -0.4 is 16.8 Å². The molecule has 168 valence electrons. The lowest BCUT2D eigenvalue weighted by Crippen LogP contribution is -2.74. The van der Waals surface area contributed by atoms with Gasteiger partial charge in [-0.3, -0.25) is 9.69 Å². The molecule has 3 fully saturated rings. The van der Waals surface area contributed by atoms with E-state index in [0.29, 0.717) is 19.3 Å². The number of phenols is 1. The predicted molar refractivity (Wildman–Crippen MR) is 118 cm³/mol. The number of nitrogens with two attached hydrogens (primary N) is 2. The number of nitrogens with one attached hydrogen (secondary N) is 1. The molecule has 1 saturated heterocycles. The molecule has 4 atom stereocenters. The van der Waals surface area contributed by atoms with Gasteiger partial charge in [-0.2, -0.15) is 0 Å². The van der Waals surface area contributed by atoms with Gasteiger partial charge >= 0.3 is 0 Å². The summed E-state index contributed by atoms with van der Waals surface area (Å²) in [5, 5.41) is 25.6. The van der Waals surface area contributed by atoms with Crippen LogP contribution in [-0.4, -0.2) is 64.3 Å². The number of hydrogen-bond donors (Lipinski definition) is 5. The number of phenolic OH excluding ortho intramolecular Hbond substituents is 1. The van der Waals surface area contributed by atoms with Crippen molar-refractivity contribution in [3.63, 3.8) is 0 Å². The van der Waals surface area contributed by atoms with Gasteiger partial charge in [0.1, 0.15) is 12.3 Å². The van der Waals surface area contributed by atoms with Gasteiger partial charge in [0.25, 0.3) is 0 Å². The molecule has 2 saturated carbocycles. The third kappa shape index (κ3) is 3.46. The van der Waals surface area contributed by atoms with Crippen molar-refractivity contribution in [2.45, 2.75) is 68.0 Å². The van der Waals surface area contributed by atoms with E-state index >= 15 is 0 Å². The molecule has 2 bridgehead atoms. The summed E-state index contributed by atoms with van der Waals surface area (Å²) in [4.78, 5) is 18.7. The summed E-state index contributed by atoms with van der Waals surface area (Å²) in [6.07, 6.45) is 6.21. The maximum atomic E-state index is 12.4. The van der Waals surface area contributed by atoms with Crippen LogP contribution in [-0.2, 0) is 16.6 Å². The predicted octanol–water partition coefficient (Wildman–Crippen LogP) is 0.344. The zero-order valence-corrected chi connectivity index (χ0v) is 17.9. The zero-order chi connectivity index (χ0) is 21.8. The van der Waals surface area contributed by atoms with Crippen molar-refractivity contribution >= 4 is 11.9 Å². The quantitative estimate of drug-likeness (QED) is 0.340. The molecule has 8 nitrogen and oxygen atoms in total. The number of benzene rings is 1. The number of guanidine groups is 1. The monoisotopic (exact) mass is 427 g/mol. The number of nitrogens with zero attached hydrogens (tertiary/aromatic N) is 2. The fraction of sp³-hybridized carbons (Fsp3) is 0.652. The number of carbonyl (C=O) groups is 1. The Morgan fingerprint density at radius 1 is 1.26 bits per heavy atom. The molecular weight excluding hydrogens is 394 g/mol. The van der Waals surface area contributed by atoms with Crippen LogP contribution in [0, 0.1) is 5.92 Å². The maximum Gasteiger partial charge on any atom is 0.242 e. The minimum absolute atomic E-state index is 0.0640. The van der Waals surface area contributed by atoms with Gasteiger partial charge in [-0.15, -0.1) is 0 Å². The first-order chi connectivity index (χ1) is 14.8. The van der Waals surface area contributed by atoms with Crippen molar-refractivity contribution in [2.24, 2.45) is 22.4 Å². The Bertz CT molecular complexity index is 912. The van der Waals surface area contributed by atoms with E-state index in [2.05, 4.69) is 15.2 Å². The van der Waals surface area contributed by atoms with Crippen molar-refractivity contribution in [3.05, 3.63) is 29.3 Å². The van der Waals surface area contributed by atoms with Crippen molar-refractivity contribution in [1.29, 1.82) is 0 Å². The first kappa shape index (κ1) is 20.6. The van der Waals surface area contributed by atoms with E-state index in [1.54, 1.807) is 6.07 Å². The Balaban J connectivity index is 1.47. The molecular formula is C23H33N5O3. The normalized spacial score (nSPS) is 34.4. The highest BCUT2D eigenvalue weighted by atomic mass is 16.3. The molecule has 31 heavy (non-hydrogen) atoms. The van der Waals surface area contributed by atoms with Crippen LogP contribution in [0.5, 0.6) is 5.75 Å². The number of aliphatic imine (C=N–C) groups is 1. The molecule has 1 amide bonds. The smallest absolute Gasteiger partial charge is 0.242 e. The average molecular weight is 428 g/mol. The topological polar surface area (TPSA) is 137 Å². The highest BCUT2D eigenvalue weighted by molar-refractivity contribution is 5.83. The standard InChI is InChI=1S/C23H33N5O3/c24-21(25)26-12-20(30)27-16-5-6-23(31)19-9-15-3-4-17(29)10-18(15)22(23,11-16)7-8-28(19)13-14-1-2-14/h3-4,10,14,16,19,29,31H,1-2,5-9,11-13H2,(H,27,30)(H4,24,25,26)/t16-,19-,22?,23-/m1/s1. The van der Waals surface area contributed by atoms with E-state index in [-0.39, 0.29) is 36.2 Å². The van der Waals surface area contributed by atoms with Gasteiger partial charge in [-0.1, -0.05) is 6.07 Å². The minimum atomic E-state index is -0.859. The SMILES string of the molecule is NC(N)=NCC(=O)N[C@@H]1CC[C@@]2(O)[C@H]3Cc4ccc(O)cc4C2(CCN3CC2CC2)C1. The molecule has 1 aromatic carbocycles. The van der Waals surface area contributed by atoms with Crippen LogP contribution in [0.15, 0.2) is 23.2 Å². The van der Waals surface area contributed by atoms with Gasteiger partial charge < -0.3 is 27.0 Å². The van der Waals surface area contributed by atoms with E-state index < -0.39 is 11.0 Å². The fourth-order valence-electron chi connectivity index (χ4n) is 6.51. The summed E-state index contributed by atoms with van der Waals surface area (Å²) in [6, 6.07) is 5.62. The molecule has 0 aromatic heterocycles. The first-order valence-electron chi connectivity index (χ1n) is 11.4. The number of aromatic hydroxyl groups is 1. The molecule has 1 unspecified atom stereocenters. The largest absolute Gasteiger partial charge is 0.508 e. The summed E-state index contributed by atoms with van der Waals surface area (Å²) >= 11 is 0. The van der Waals surface area contributed by atoms with Gasteiger partial charge in [0.15, 0.2) is 5.96 Å². The Hall–Kier alpha value is -2.32. The molecule has 3 aliphatic carbocycles. The Morgan fingerprint density at radius 2 is 2.06 bits per heavy atom. The number of piperidine rings is 1. The second-order valence-electron chi connectivity index (χ2n) is 10.0. The van der Waals surface area contributed by atoms with E-state index in [1.165, 1.54) is 18.4 Å². The van der Waals surface area contributed by atoms with Crippen molar-refractivity contribution < 1.29 is 15.0 Å². The highest BCUT2D eigenvalue weighted by Crippen LogP contribution is 2.58. The Morgan fingerprint density at radius 3 is 2.81 bits per heavy atom. The van der Waals surface area contributed by atoms with E-state index in [9.17, 15) is 15.0 Å². The third-order valence-corrected chi connectivity index (χ3v) is 8.10. The van der Waals surface area contributed by atoms with Crippen LogP contribution in [0.4, 0.5) is 0 Å². The lowest BCUT2D eigenvalue weighted by atomic mass is 9.49. The van der Waals surface area contributed by atoms with Gasteiger partial charge in [0.2, 0.25) is 5.91 Å². The van der Waals surface area contributed by atoms with Crippen molar-refractivity contribution in [2.75, 3.05) is 19.6 Å². The van der Waals surface area contributed by atoms with Crippen LogP contribution in [0.25, 0.3) is 0 Å². The Labute approximate surface area is 182 Å². The van der Waals surface area contributed by atoms with Gasteiger partial charge in [-0.25, -0.2) is 4.99 Å². The number of likely N-dealkylation sites (tertiary alicyclic amines) is 1. The summed E-state index contributed by atoms with van der Waals surface area (Å²) < 4.78 is 0. The Kier molecular flexibility index (Phi) is 4.90. The number of fused-ring (bicyclic) bond motifs is 1. The molecule has 4 aliphatic rings. The summed E-state index contributed by atoms with van der Waals surface area (Å²) in [6.45, 7) is 1.91. The molecule has 0 spiro atoms. The van der Waals surface area contributed by atoms with E-state index in [1.807, 2.05) is 12.1 Å². The third-order valence-electron chi connectivity index (χ3n) is 8.10. The number of aliphatic hydroxyl groups is 1. The van der Waals surface area contributed by atoms with E-state index in [4.69, 9.17) is 11.5 Å². The second kappa shape index (κ2) is 7.38. The second-order valence-corrected chi connectivity index (χ2v) is 10.0. The first-order valence-corrected chi connectivity index (χ1v) is 11.4. The van der Waals surface area contributed by atoms with Crippen LogP contribution in [0.2, 0.25) is 0 Å². The lowest BCUT2D eigenvalue weighted by Gasteiger charge is -2.65. The van der Waals surface area contributed by atoms with Crippen LogP contribution >= 0.6 is 0 Å². The molecule has 1 aromatic rings. The molecule has 8 heteroatoms. The van der Waals surface area contributed by atoms with Gasteiger partial charge in [0.05, 0.1) is 5.60 Å². The fourth-order valence-corrected chi connectivity index (χ4v) is 6.51.